The van der Waals surface area contributed by atoms with Crippen LogP contribution < -0.4 is 5.32 Å². The van der Waals surface area contributed by atoms with Crippen molar-refractivity contribution in [2.24, 2.45) is 0 Å². The molecule has 0 bridgehead atoms. The zero-order chi connectivity index (χ0) is 20.3. The summed E-state index contributed by atoms with van der Waals surface area (Å²) in [6, 6.07) is 6.45. The minimum atomic E-state index is -3.48. The van der Waals surface area contributed by atoms with Crippen LogP contribution in [0, 0.1) is 0 Å². The minimum absolute atomic E-state index is 0.0829. The van der Waals surface area contributed by atoms with E-state index in [0.717, 1.165) is 30.5 Å². The zero-order valence-electron chi connectivity index (χ0n) is 16.3. The van der Waals surface area contributed by atoms with Crippen molar-refractivity contribution in [1.29, 1.82) is 0 Å². The van der Waals surface area contributed by atoms with Crippen LogP contribution in [0.2, 0.25) is 0 Å². The van der Waals surface area contributed by atoms with Gasteiger partial charge in [0.05, 0.1) is 35.4 Å². The van der Waals surface area contributed by atoms with Gasteiger partial charge in [-0.1, -0.05) is 12.1 Å². The summed E-state index contributed by atoms with van der Waals surface area (Å²) >= 11 is 0. The maximum atomic E-state index is 12.5. The molecule has 0 saturated carbocycles. The molecule has 152 valence electrons. The van der Waals surface area contributed by atoms with E-state index in [0.29, 0.717) is 0 Å². The van der Waals surface area contributed by atoms with Crippen LogP contribution in [-0.2, 0) is 27.5 Å². The third kappa shape index (κ3) is 4.62. The van der Waals surface area contributed by atoms with Gasteiger partial charge in [0, 0.05) is 12.2 Å². The number of fused-ring (bicyclic) bond motifs is 1. The van der Waals surface area contributed by atoms with E-state index in [9.17, 15) is 13.2 Å². The number of carbonyl (C=O) groups excluding carboxylic acids is 1. The molecule has 0 saturated heterocycles. The number of benzene rings is 1. The molecule has 2 aromatic rings. The van der Waals surface area contributed by atoms with E-state index in [1.54, 1.807) is 12.1 Å². The van der Waals surface area contributed by atoms with E-state index >= 15 is 0 Å². The number of hydrogen-bond donors (Lipinski definition) is 2. The van der Waals surface area contributed by atoms with Crippen LogP contribution in [0.25, 0.3) is 0 Å². The fraction of sp³-hybridized carbons (Fsp3) is 0.500. The standard InChI is InChI=1S/C20H27N3O4S/c1-14(2)23-13-16-4-3-5-18(20(16)22-23)21-19(25)12-15-6-8-17(9-7-15)28(26,27)11-10-24/h6-9,13-14,18,24H,3-5,10-12H2,1-2H3,(H,21,25). The number of sulfone groups is 1. The third-order valence-electron chi connectivity index (χ3n) is 4.98. The van der Waals surface area contributed by atoms with Crippen molar-refractivity contribution in [3.8, 4) is 0 Å². The van der Waals surface area contributed by atoms with Crippen LogP contribution in [0.15, 0.2) is 35.4 Å². The Kier molecular flexibility index (Phi) is 6.20. The molecule has 1 aromatic carbocycles. The normalized spacial score (nSPS) is 16.8. The molecule has 1 atom stereocenters. The van der Waals surface area contributed by atoms with E-state index in [1.165, 1.54) is 17.7 Å². The predicted molar refractivity (Wildman–Crippen MR) is 106 cm³/mol. The second kappa shape index (κ2) is 8.45. The van der Waals surface area contributed by atoms with Gasteiger partial charge in [-0.05, 0) is 56.4 Å². The molecule has 1 amide bonds. The monoisotopic (exact) mass is 405 g/mol. The Bertz CT molecular complexity index is 933. The molecule has 1 aliphatic carbocycles. The van der Waals surface area contributed by atoms with Crippen molar-refractivity contribution in [3.05, 3.63) is 47.3 Å². The van der Waals surface area contributed by atoms with Crippen molar-refractivity contribution in [1.82, 2.24) is 15.1 Å². The Morgan fingerprint density at radius 2 is 2.04 bits per heavy atom. The zero-order valence-corrected chi connectivity index (χ0v) is 17.1. The van der Waals surface area contributed by atoms with E-state index in [4.69, 9.17) is 5.11 Å². The maximum absolute atomic E-state index is 12.5. The van der Waals surface area contributed by atoms with Gasteiger partial charge in [-0.3, -0.25) is 9.48 Å². The van der Waals surface area contributed by atoms with Gasteiger partial charge in [-0.25, -0.2) is 8.42 Å². The number of aliphatic hydroxyl groups excluding tert-OH is 1. The molecule has 1 aliphatic rings. The lowest BCUT2D eigenvalue weighted by molar-refractivity contribution is -0.121. The van der Waals surface area contributed by atoms with Crippen molar-refractivity contribution < 1.29 is 18.3 Å². The third-order valence-corrected chi connectivity index (χ3v) is 6.69. The molecule has 28 heavy (non-hydrogen) atoms. The topological polar surface area (TPSA) is 101 Å². The summed E-state index contributed by atoms with van der Waals surface area (Å²) in [5.74, 6) is -0.414. The number of amides is 1. The molecule has 1 heterocycles. The Morgan fingerprint density at radius 1 is 1.32 bits per heavy atom. The molecule has 7 nitrogen and oxygen atoms in total. The Hall–Kier alpha value is -2.19. The first kappa shape index (κ1) is 20.5. The van der Waals surface area contributed by atoms with Crippen molar-refractivity contribution in [2.45, 2.75) is 56.5 Å². The van der Waals surface area contributed by atoms with Crippen LogP contribution in [0.5, 0.6) is 0 Å². The summed E-state index contributed by atoms with van der Waals surface area (Å²) in [6.07, 6.45) is 5.12. The van der Waals surface area contributed by atoms with Crippen molar-refractivity contribution in [2.75, 3.05) is 12.4 Å². The number of aryl methyl sites for hydroxylation is 1. The van der Waals surface area contributed by atoms with Gasteiger partial charge in [0.25, 0.3) is 0 Å². The molecular weight excluding hydrogens is 378 g/mol. The van der Waals surface area contributed by atoms with Gasteiger partial charge in [-0.2, -0.15) is 5.10 Å². The molecule has 3 rings (SSSR count). The summed E-state index contributed by atoms with van der Waals surface area (Å²) < 4.78 is 25.8. The summed E-state index contributed by atoms with van der Waals surface area (Å²) in [5, 5.41) is 16.6. The summed E-state index contributed by atoms with van der Waals surface area (Å²) in [6.45, 7) is 3.75. The van der Waals surface area contributed by atoms with Gasteiger partial charge in [0.2, 0.25) is 5.91 Å². The molecule has 0 radical (unpaired) electrons. The Morgan fingerprint density at radius 3 is 2.68 bits per heavy atom. The number of aliphatic hydroxyl groups is 1. The van der Waals surface area contributed by atoms with Crippen LogP contribution >= 0.6 is 0 Å². The average molecular weight is 406 g/mol. The number of nitrogens with one attached hydrogen (secondary N) is 1. The number of carbonyl (C=O) groups is 1. The first-order valence-corrected chi connectivity index (χ1v) is 11.2. The SMILES string of the molecule is CC(C)n1cc2c(n1)C(NC(=O)Cc1ccc(S(=O)(=O)CCO)cc1)CCC2. The van der Waals surface area contributed by atoms with E-state index in [2.05, 4.69) is 30.5 Å². The largest absolute Gasteiger partial charge is 0.395 e. The number of nitrogens with zero attached hydrogens (tertiary/aromatic N) is 2. The quantitative estimate of drug-likeness (QED) is 0.733. The Labute approximate surface area is 165 Å². The maximum Gasteiger partial charge on any atom is 0.224 e. The van der Waals surface area contributed by atoms with Gasteiger partial charge in [0.1, 0.15) is 0 Å². The van der Waals surface area contributed by atoms with Gasteiger partial charge in [-0.15, -0.1) is 0 Å². The fourth-order valence-corrected chi connectivity index (χ4v) is 4.48. The molecule has 0 fully saturated rings. The lowest BCUT2D eigenvalue weighted by Gasteiger charge is -2.22. The molecular formula is C20H27N3O4S. The van der Waals surface area contributed by atoms with Gasteiger partial charge in [0.15, 0.2) is 9.84 Å². The van der Waals surface area contributed by atoms with Gasteiger partial charge >= 0.3 is 0 Å². The molecule has 8 heteroatoms. The first-order chi connectivity index (χ1) is 13.3. The van der Waals surface area contributed by atoms with Crippen molar-refractivity contribution >= 4 is 15.7 Å². The van der Waals surface area contributed by atoms with Crippen LogP contribution in [0.1, 0.15) is 55.6 Å². The number of hydrogen-bond acceptors (Lipinski definition) is 5. The van der Waals surface area contributed by atoms with Gasteiger partial charge < -0.3 is 10.4 Å². The summed E-state index contributed by atoms with van der Waals surface area (Å²) in [5.41, 5.74) is 2.90. The van der Waals surface area contributed by atoms with Crippen LogP contribution in [0.3, 0.4) is 0 Å². The molecule has 1 unspecified atom stereocenters. The lowest BCUT2D eigenvalue weighted by atomic mass is 9.93. The highest BCUT2D eigenvalue weighted by Gasteiger charge is 2.25. The fourth-order valence-electron chi connectivity index (χ4n) is 3.45. The molecule has 2 N–H and O–H groups in total. The van der Waals surface area contributed by atoms with Crippen LogP contribution in [0.4, 0.5) is 0 Å². The lowest BCUT2D eigenvalue weighted by Crippen LogP contribution is -2.32. The average Bonchev–Trinajstić information content (AvgIpc) is 3.08. The second-order valence-electron chi connectivity index (χ2n) is 7.49. The number of aromatic nitrogens is 2. The predicted octanol–water partition coefficient (Wildman–Crippen LogP) is 1.97. The molecule has 1 aromatic heterocycles. The number of rotatable bonds is 7. The summed E-state index contributed by atoms with van der Waals surface area (Å²) in [4.78, 5) is 12.7. The molecule has 0 spiro atoms. The first-order valence-electron chi connectivity index (χ1n) is 9.60. The Balaban J connectivity index is 1.65. The van der Waals surface area contributed by atoms with Crippen molar-refractivity contribution in [3.63, 3.8) is 0 Å². The van der Waals surface area contributed by atoms with E-state index in [-0.39, 0.29) is 35.1 Å². The molecule has 0 aliphatic heterocycles. The van der Waals surface area contributed by atoms with Crippen LogP contribution in [-0.4, -0.2) is 41.6 Å². The highest BCUT2D eigenvalue weighted by molar-refractivity contribution is 7.91. The van der Waals surface area contributed by atoms with E-state index in [1.807, 2.05) is 4.68 Å². The minimum Gasteiger partial charge on any atom is -0.395 e. The summed E-state index contributed by atoms with van der Waals surface area (Å²) in [7, 11) is -3.48. The highest BCUT2D eigenvalue weighted by atomic mass is 32.2. The highest BCUT2D eigenvalue weighted by Crippen LogP contribution is 2.29. The van der Waals surface area contributed by atoms with E-state index < -0.39 is 16.4 Å². The second-order valence-corrected chi connectivity index (χ2v) is 9.60. The smallest absolute Gasteiger partial charge is 0.224 e.